The molecule has 1 aromatic heterocycles. The number of amides is 1. The Morgan fingerprint density at radius 3 is 2.95 bits per heavy atom. The lowest BCUT2D eigenvalue weighted by molar-refractivity contribution is 0.0938. The predicted octanol–water partition coefficient (Wildman–Crippen LogP) is 2.65. The third-order valence-corrected chi connectivity index (χ3v) is 4.40. The molecule has 0 bridgehead atoms. The van der Waals surface area contributed by atoms with E-state index in [4.69, 9.17) is 17.3 Å². The molecule has 1 amide bonds. The van der Waals surface area contributed by atoms with Crippen molar-refractivity contribution in [3.63, 3.8) is 0 Å². The Balaban J connectivity index is 1.97. The first-order chi connectivity index (χ1) is 10.5. The summed E-state index contributed by atoms with van der Waals surface area (Å²) in [6.07, 6.45) is 1.75. The van der Waals surface area contributed by atoms with E-state index in [-0.39, 0.29) is 11.9 Å². The van der Waals surface area contributed by atoms with Gasteiger partial charge in [-0.1, -0.05) is 17.7 Å². The molecule has 2 aromatic rings. The molecule has 4 N–H and O–H groups in total. The number of H-pyrrole nitrogens is 1. The first-order valence-electron chi connectivity index (χ1n) is 6.94. The van der Waals surface area contributed by atoms with Crippen molar-refractivity contribution in [2.75, 3.05) is 4.90 Å². The maximum Gasteiger partial charge on any atom is 0.272 e. The molecule has 1 aliphatic rings. The zero-order chi connectivity index (χ0) is 15.9. The van der Waals surface area contributed by atoms with E-state index in [1.54, 1.807) is 6.20 Å². The van der Waals surface area contributed by atoms with Crippen LogP contribution in [-0.4, -0.2) is 16.4 Å². The average Bonchev–Trinajstić information content (AvgIpc) is 2.94. The number of carbonyl (C=O) groups is 1. The van der Waals surface area contributed by atoms with Crippen molar-refractivity contribution in [1.29, 1.82) is 0 Å². The molecule has 1 aliphatic heterocycles. The van der Waals surface area contributed by atoms with Gasteiger partial charge in [0.1, 0.15) is 11.2 Å². The van der Waals surface area contributed by atoms with Crippen molar-refractivity contribution in [2.45, 2.75) is 25.0 Å². The van der Waals surface area contributed by atoms with Gasteiger partial charge in [-0.3, -0.25) is 4.79 Å². The van der Waals surface area contributed by atoms with Gasteiger partial charge in [0, 0.05) is 23.8 Å². The summed E-state index contributed by atoms with van der Waals surface area (Å²) in [6, 6.07) is 7.44. The number of nitrogens with zero attached hydrogens (tertiary/aromatic N) is 1. The lowest BCUT2D eigenvalue weighted by Gasteiger charge is -2.35. The summed E-state index contributed by atoms with van der Waals surface area (Å²) in [5, 5.41) is 3.47. The number of nitrogens with one attached hydrogen (secondary N) is 2. The molecule has 5 nitrogen and oxygen atoms in total. The van der Waals surface area contributed by atoms with Gasteiger partial charge in [-0.2, -0.15) is 0 Å². The monoisotopic (exact) mass is 336 g/mol. The van der Waals surface area contributed by atoms with Crippen LogP contribution in [0.5, 0.6) is 0 Å². The van der Waals surface area contributed by atoms with Gasteiger partial charge in [0.15, 0.2) is 0 Å². The number of hydrogen-bond donors (Lipinski definition) is 4. The quantitative estimate of drug-likeness (QED) is 0.651. The molecule has 0 fully saturated rings. The van der Waals surface area contributed by atoms with Crippen LogP contribution in [-0.2, 0) is 6.54 Å². The Hall–Kier alpha value is -1.63. The number of carbonyl (C=O) groups excluding carboxylic acids is 1. The van der Waals surface area contributed by atoms with Crippen molar-refractivity contribution in [3.05, 3.63) is 52.3 Å². The maximum absolute atomic E-state index is 11.9. The van der Waals surface area contributed by atoms with E-state index in [1.807, 2.05) is 36.1 Å². The van der Waals surface area contributed by atoms with E-state index < -0.39 is 5.50 Å². The zero-order valence-electron chi connectivity index (χ0n) is 12.0. The van der Waals surface area contributed by atoms with Gasteiger partial charge in [-0.05, 0) is 36.2 Å². The minimum absolute atomic E-state index is 0.128. The van der Waals surface area contributed by atoms with Crippen molar-refractivity contribution >= 4 is 35.8 Å². The summed E-state index contributed by atoms with van der Waals surface area (Å²) in [7, 11) is 0. The van der Waals surface area contributed by atoms with Crippen LogP contribution in [0.25, 0.3) is 0 Å². The Morgan fingerprint density at radius 2 is 2.23 bits per heavy atom. The number of nitrogens with two attached hydrogens (primary N) is 1. The molecule has 1 unspecified atom stereocenters. The highest BCUT2D eigenvalue weighted by Gasteiger charge is 2.30. The standard InChI is InChI=1S/C15H17ClN4OS/c1-8(17)11-6-10(16)3-2-9(11)7-20-12-4-5-18-13(12)14(21)19-15(20)22/h2-6,8,15,18,22H,7,17H2,1H3,(H,19,21)/t8-,15?/m1/s1. The van der Waals surface area contributed by atoms with E-state index in [0.717, 1.165) is 16.8 Å². The van der Waals surface area contributed by atoms with E-state index in [0.29, 0.717) is 17.3 Å². The molecular formula is C15H17ClN4OS. The third-order valence-electron chi connectivity index (χ3n) is 3.76. The van der Waals surface area contributed by atoms with Crippen LogP contribution < -0.4 is 16.0 Å². The molecule has 116 valence electrons. The Morgan fingerprint density at radius 1 is 1.45 bits per heavy atom. The molecule has 3 rings (SSSR count). The number of anilines is 1. The van der Waals surface area contributed by atoms with Crippen LogP contribution in [0.3, 0.4) is 0 Å². The zero-order valence-corrected chi connectivity index (χ0v) is 13.7. The minimum Gasteiger partial charge on any atom is -0.355 e. The highest BCUT2D eigenvalue weighted by Crippen LogP contribution is 2.30. The number of halogens is 1. The van der Waals surface area contributed by atoms with Gasteiger partial charge >= 0.3 is 0 Å². The Bertz CT molecular complexity index is 715. The second-order valence-corrected chi connectivity index (χ2v) is 6.27. The summed E-state index contributed by atoms with van der Waals surface area (Å²) in [6.45, 7) is 2.50. The topological polar surface area (TPSA) is 74.1 Å². The van der Waals surface area contributed by atoms with E-state index in [9.17, 15) is 4.79 Å². The molecule has 2 heterocycles. The highest BCUT2D eigenvalue weighted by molar-refractivity contribution is 7.81. The number of aromatic amines is 1. The molecule has 0 saturated heterocycles. The first-order valence-corrected chi connectivity index (χ1v) is 7.83. The fourth-order valence-corrected chi connectivity index (χ4v) is 3.17. The summed E-state index contributed by atoms with van der Waals surface area (Å²) < 4.78 is 0. The number of fused-ring (bicyclic) bond motifs is 1. The largest absolute Gasteiger partial charge is 0.355 e. The molecule has 0 aliphatic carbocycles. The fraction of sp³-hybridized carbons (Fsp3) is 0.267. The van der Waals surface area contributed by atoms with Crippen molar-refractivity contribution in [1.82, 2.24) is 10.3 Å². The van der Waals surface area contributed by atoms with Gasteiger partial charge in [0.25, 0.3) is 5.91 Å². The lowest BCUT2D eigenvalue weighted by Crippen LogP contribution is -2.49. The number of thiol groups is 1. The number of aromatic nitrogens is 1. The first kappa shape index (κ1) is 15.3. The van der Waals surface area contributed by atoms with Gasteiger partial charge in [0.05, 0.1) is 5.69 Å². The van der Waals surface area contributed by atoms with E-state index >= 15 is 0 Å². The fourth-order valence-electron chi connectivity index (χ4n) is 2.67. The molecule has 0 spiro atoms. The number of hydrogen-bond acceptors (Lipinski definition) is 4. The minimum atomic E-state index is -0.396. The second-order valence-electron chi connectivity index (χ2n) is 5.34. The molecule has 0 saturated carbocycles. The Labute approximate surface area is 139 Å². The Kier molecular flexibility index (Phi) is 4.08. The second kappa shape index (κ2) is 5.87. The van der Waals surface area contributed by atoms with Crippen LogP contribution in [0.4, 0.5) is 5.69 Å². The summed E-state index contributed by atoms with van der Waals surface area (Å²) >= 11 is 10.5. The lowest BCUT2D eigenvalue weighted by atomic mass is 10.0. The van der Waals surface area contributed by atoms with Crippen LogP contribution in [0, 0.1) is 0 Å². The van der Waals surface area contributed by atoms with E-state index in [2.05, 4.69) is 22.9 Å². The SMILES string of the molecule is C[C@@H](N)c1cc(Cl)ccc1CN1c2cc[nH]c2C(=O)NC1S. The van der Waals surface area contributed by atoms with Crippen LogP contribution >= 0.6 is 24.2 Å². The van der Waals surface area contributed by atoms with E-state index in [1.165, 1.54) is 0 Å². The summed E-state index contributed by atoms with van der Waals surface area (Å²) in [5.41, 5.74) is 9.07. The smallest absolute Gasteiger partial charge is 0.272 e. The third kappa shape index (κ3) is 2.69. The molecule has 1 aromatic carbocycles. The molecule has 0 radical (unpaired) electrons. The predicted molar refractivity (Wildman–Crippen MR) is 91.3 cm³/mol. The van der Waals surface area contributed by atoms with Gasteiger partial charge in [-0.25, -0.2) is 0 Å². The summed E-state index contributed by atoms with van der Waals surface area (Å²) in [5.74, 6) is -0.153. The average molecular weight is 337 g/mol. The molecular weight excluding hydrogens is 320 g/mol. The van der Waals surface area contributed by atoms with Crippen molar-refractivity contribution < 1.29 is 4.79 Å². The summed E-state index contributed by atoms with van der Waals surface area (Å²) in [4.78, 5) is 16.9. The van der Waals surface area contributed by atoms with Crippen LogP contribution in [0.2, 0.25) is 5.02 Å². The number of rotatable bonds is 3. The highest BCUT2D eigenvalue weighted by atomic mass is 35.5. The van der Waals surface area contributed by atoms with Gasteiger partial charge in [-0.15, -0.1) is 12.6 Å². The molecule has 22 heavy (non-hydrogen) atoms. The molecule has 7 heteroatoms. The van der Waals surface area contributed by atoms with Crippen molar-refractivity contribution in [3.8, 4) is 0 Å². The normalized spacial score (nSPS) is 18.8. The van der Waals surface area contributed by atoms with Crippen molar-refractivity contribution in [2.24, 2.45) is 5.73 Å². The number of benzene rings is 1. The van der Waals surface area contributed by atoms with Crippen LogP contribution in [0.1, 0.15) is 34.6 Å². The van der Waals surface area contributed by atoms with Gasteiger partial charge < -0.3 is 20.9 Å². The van der Waals surface area contributed by atoms with Gasteiger partial charge in [0.2, 0.25) is 0 Å². The maximum atomic E-state index is 11.9. The van der Waals surface area contributed by atoms with Crippen LogP contribution in [0.15, 0.2) is 30.5 Å². The molecule has 2 atom stereocenters.